The summed E-state index contributed by atoms with van der Waals surface area (Å²) >= 11 is 0. The van der Waals surface area contributed by atoms with E-state index in [2.05, 4.69) is 4.74 Å². The zero-order valence-corrected chi connectivity index (χ0v) is 13.4. The van der Waals surface area contributed by atoms with Crippen LogP contribution in [-0.4, -0.2) is 34.6 Å². The molecule has 0 aliphatic carbocycles. The minimum Gasteiger partial charge on any atom is -0.508 e. The Morgan fingerprint density at radius 1 is 1.22 bits per heavy atom. The van der Waals surface area contributed by atoms with Gasteiger partial charge in [0.05, 0.1) is 0 Å². The Labute approximate surface area is 132 Å². The topological polar surface area (TPSA) is 59.0 Å². The standard InChI is InChI=1S/C15H20F3NO4/c1-5-19(13(21)23-14(2,3)4)9-10-6-11(20)8-12(7-10)22-15(16,17)18/h6-8,20H,5,9H2,1-4H3. The molecule has 0 aliphatic heterocycles. The van der Waals surface area contributed by atoms with Gasteiger partial charge in [0, 0.05) is 19.2 Å². The van der Waals surface area contributed by atoms with Gasteiger partial charge < -0.3 is 19.5 Å². The van der Waals surface area contributed by atoms with Crippen LogP contribution >= 0.6 is 0 Å². The summed E-state index contributed by atoms with van der Waals surface area (Å²) in [7, 11) is 0. The number of hydrogen-bond donors (Lipinski definition) is 1. The summed E-state index contributed by atoms with van der Waals surface area (Å²) in [6.45, 7) is 7.11. The Bertz CT molecular complexity index is 553. The summed E-state index contributed by atoms with van der Waals surface area (Å²) < 4.78 is 45.8. The SMILES string of the molecule is CCN(Cc1cc(O)cc(OC(F)(F)F)c1)C(=O)OC(C)(C)C. The van der Waals surface area contributed by atoms with E-state index in [-0.39, 0.29) is 17.9 Å². The van der Waals surface area contributed by atoms with Crippen LogP contribution in [0.4, 0.5) is 18.0 Å². The smallest absolute Gasteiger partial charge is 0.508 e. The zero-order valence-electron chi connectivity index (χ0n) is 13.4. The molecule has 8 heteroatoms. The molecule has 0 aliphatic rings. The summed E-state index contributed by atoms with van der Waals surface area (Å²) in [4.78, 5) is 13.3. The lowest BCUT2D eigenvalue weighted by atomic mass is 10.2. The van der Waals surface area contributed by atoms with Crippen molar-refractivity contribution < 1.29 is 32.5 Å². The highest BCUT2D eigenvalue weighted by Gasteiger charge is 2.31. The van der Waals surface area contributed by atoms with Crippen LogP contribution in [0.1, 0.15) is 33.3 Å². The van der Waals surface area contributed by atoms with Crippen LogP contribution in [0.5, 0.6) is 11.5 Å². The molecule has 0 aromatic heterocycles. The van der Waals surface area contributed by atoms with Gasteiger partial charge in [0.2, 0.25) is 0 Å². The molecule has 1 amide bonds. The molecule has 0 unspecified atom stereocenters. The number of rotatable bonds is 4. The second kappa shape index (κ2) is 6.97. The first kappa shape index (κ1) is 18.9. The molecule has 0 saturated carbocycles. The number of hydrogen-bond acceptors (Lipinski definition) is 4. The molecule has 1 aromatic rings. The Morgan fingerprint density at radius 2 is 1.83 bits per heavy atom. The maximum Gasteiger partial charge on any atom is 0.573 e. The van der Waals surface area contributed by atoms with E-state index in [9.17, 15) is 23.1 Å². The number of phenolic OH excluding ortho intramolecular Hbond substituents is 1. The van der Waals surface area contributed by atoms with E-state index in [1.54, 1.807) is 27.7 Å². The van der Waals surface area contributed by atoms with E-state index in [1.807, 2.05) is 0 Å². The molecule has 23 heavy (non-hydrogen) atoms. The van der Waals surface area contributed by atoms with Gasteiger partial charge in [-0.3, -0.25) is 0 Å². The van der Waals surface area contributed by atoms with Gasteiger partial charge in [-0.25, -0.2) is 4.79 Å². The predicted octanol–water partition coefficient (Wildman–Crippen LogP) is 4.05. The number of nitrogens with zero attached hydrogens (tertiary/aromatic N) is 1. The second-order valence-electron chi connectivity index (χ2n) is 5.88. The van der Waals surface area contributed by atoms with Crippen molar-refractivity contribution in [2.75, 3.05) is 6.54 Å². The number of carbonyl (C=O) groups is 1. The quantitative estimate of drug-likeness (QED) is 0.902. The van der Waals surface area contributed by atoms with Crippen LogP contribution in [0.15, 0.2) is 18.2 Å². The van der Waals surface area contributed by atoms with E-state index in [0.29, 0.717) is 6.54 Å². The highest BCUT2D eigenvalue weighted by Crippen LogP contribution is 2.28. The molecular formula is C15H20F3NO4. The summed E-state index contributed by atoms with van der Waals surface area (Å²) in [6, 6.07) is 3.22. The third-order valence-corrected chi connectivity index (χ3v) is 2.59. The lowest BCUT2D eigenvalue weighted by Crippen LogP contribution is -2.36. The number of amides is 1. The van der Waals surface area contributed by atoms with Crippen molar-refractivity contribution in [3.8, 4) is 11.5 Å². The van der Waals surface area contributed by atoms with Crippen molar-refractivity contribution in [3.05, 3.63) is 23.8 Å². The maximum absolute atomic E-state index is 12.3. The largest absolute Gasteiger partial charge is 0.573 e. The summed E-state index contributed by atoms with van der Waals surface area (Å²) in [6.07, 6.45) is -5.46. The van der Waals surface area contributed by atoms with Gasteiger partial charge >= 0.3 is 12.5 Å². The van der Waals surface area contributed by atoms with Gasteiger partial charge in [-0.1, -0.05) is 0 Å². The molecule has 1 N–H and O–H groups in total. The number of benzene rings is 1. The third-order valence-electron chi connectivity index (χ3n) is 2.59. The highest BCUT2D eigenvalue weighted by molar-refractivity contribution is 5.68. The number of aromatic hydroxyl groups is 1. The van der Waals surface area contributed by atoms with Crippen molar-refractivity contribution >= 4 is 6.09 Å². The van der Waals surface area contributed by atoms with Gasteiger partial charge in [-0.2, -0.15) is 0 Å². The molecule has 0 heterocycles. The molecule has 5 nitrogen and oxygen atoms in total. The van der Waals surface area contributed by atoms with E-state index in [0.717, 1.165) is 12.1 Å². The lowest BCUT2D eigenvalue weighted by molar-refractivity contribution is -0.274. The fraction of sp³-hybridized carbons (Fsp3) is 0.533. The normalized spacial score (nSPS) is 12.0. The lowest BCUT2D eigenvalue weighted by Gasteiger charge is -2.26. The first-order valence-corrected chi connectivity index (χ1v) is 6.96. The molecule has 130 valence electrons. The maximum atomic E-state index is 12.3. The summed E-state index contributed by atoms with van der Waals surface area (Å²) in [5.74, 6) is -0.935. The van der Waals surface area contributed by atoms with Crippen molar-refractivity contribution in [2.45, 2.75) is 46.2 Å². The molecular weight excluding hydrogens is 315 g/mol. The molecule has 0 spiro atoms. The van der Waals surface area contributed by atoms with Gasteiger partial charge in [0.1, 0.15) is 17.1 Å². The zero-order chi connectivity index (χ0) is 17.8. The van der Waals surface area contributed by atoms with Crippen LogP contribution in [0, 0.1) is 0 Å². The Balaban J connectivity index is 2.91. The molecule has 0 radical (unpaired) electrons. The second-order valence-corrected chi connectivity index (χ2v) is 5.88. The summed E-state index contributed by atoms with van der Waals surface area (Å²) in [5, 5.41) is 9.52. The number of phenols is 1. The van der Waals surface area contributed by atoms with E-state index in [1.165, 1.54) is 11.0 Å². The van der Waals surface area contributed by atoms with Crippen molar-refractivity contribution in [1.82, 2.24) is 4.90 Å². The fourth-order valence-corrected chi connectivity index (χ4v) is 1.78. The Kier molecular flexibility index (Phi) is 5.74. The van der Waals surface area contributed by atoms with Crippen molar-refractivity contribution in [2.24, 2.45) is 0 Å². The van der Waals surface area contributed by atoms with Crippen LogP contribution < -0.4 is 4.74 Å². The van der Waals surface area contributed by atoms with E-state index in [4.69, 9.17) is 4.74 Å². The molecule has 0 fully saturated rings. The number of ether oxygens (including phenoxy) is 2. The number of halogens is 3. The number of carbonyl (C=O) groups excluding carboxylic acids is 1. The van der Waals surface area contributed by atoms with Crippen LogP contribution in [0.25, 0.3) is 0 Å². The van der Waals surface area contributed by atoms with E-state index >= 15 is 0 Å². The molecule has 0 atom stereocenters. The molecule has 0 bridgehead atoms. The fourth-order valence-electron chi connectivity index (χ4n) is 1.78. The monoisotopic (exact) mass is 335 g/mol. The van der Waals surface area contributed by atoms with E-state index < -0.39 is 23.8 Å². The minimum atomic E-state index is -4.86. The Hall–Kier alpha value is -2.12. The van der Waals surface area contributed by atoms with Gasteiger partial charge in [0.25, 0.3) is 0 Å². The highest BCUT2D eigenvalue weighted by atomic mass is 19.4. The predicted molar refractivity (Wildman–Crippen MR) is 77.1 cm³/mol. The number of alkyl halides is 3. The van der Waals surface area contributed by atoms with Crippen LogP contribution in [-0.2, 0) is 11.3 Å². The van der Waals surface area contributed by atoms with Crippen LogP contribution in [0.2, 0.25) is 0 Å². The van der Waals surface area contributed by atoms with Gasteiger partial charge in [-0.05, 0) is 45.4 Å². The first-order chi connectivity index (χ1) is 10.4. The van der Waals surface area contributed by atoms with Crippen molar-refractivity contribution in [3.63, 3.8) is 0 Å². The van der Waals surface area contributed by atoms with Gasteiger partial charge in [-0.15, -0.1) is 13.2 Å². The average molecular weight is 335 g/mol. The molecule has 1 rings (SSSR count). The van der Waals surface area contributed by atoms with Gasteiger partial charge in [0.15, 0.2) is 0 Å². The molecule has 0 saturated heterocycles. The molecule has 1 aromatic carbocycles. The Morgan fingerprint density at radius 3 is 2.30 bits per heavy atom. The average Bonchev–Trinajstić information content (AvgIpc) is 2.30. The third kappa shape index (κ3) is 7.12. The minimum absolute atomic E-state index is 0.0198. The first-order valence-electron chi connectivity index (χ1n) is 6.96. The van der Waals surface area contributed by atoms with Crippen molar-refractivity contribution in [1.29, 1.82) is 0 Å². The van der Waals surface area contributed by atoms with Crippen LogP contribution in [0.3, 0.4) is 0 Å². The summed E-state index contributed by atoms with van der Waals surface area (Å²) in [5.41, 5.74) is -0.398.